The third-order valence-corrected chi connectivity index (χ3v) is 7.94. The highest BCUT2D eigenvalue weighted by Gasteiger charge is 2.18. The average molecular weight is 588 g/mol. The summed E-state index contributed by atoms with van der Waals surface area (Å²) in [5, 5.41) is 1.44. The van der Waals surface area contributed by atoms with Gasteiger partial charge in [-0.1, -0.05) is 151 Å². The summed E-state index contributed by atoms with van der Waals surface area (Å²) in [5.41, 5.74) is -0.0735. The molecule has 9 aromatic rings. The van der Waals surface area contributed by atoms with Crippen molar-refractivity contribution in [2.45, 2.75) is 0 Å². The van der Waals surface area contributed by atoms with Gasteiger partial charge in [0.05, 0.1) is 20.6 Å². The van der Waals surface area contributed by atoms with Crippen LogP contribution in [0.4, 0.5) is 0 Å². The van der Waals surface area contributed by atoms with Crippen molar-refractivity contribution in [3.05, 3.63) is 169 Å². The normalized spacial score (nSPS) is 16.2. The van der Waals surface area contributed by atoms with E-state index in [1.807, 2.05) is 0 Å². The molecule has 1 aromatic heterocycles. The second-order valence-electron chi connectivity index (χ2n) is 10.5. The summed E-state index contributed by atoms with van der Waals surface area (Å²) in [6.07, 6.45) is 0. The first-order valence-corrected chi connectivity index (χ1v) is 14.2. The Hall–Kier alpha value is -5.92. The maximum Gasteiger partial charge on any atom is 0.136 e. The number of benzene rings is 8. The van der Waals surface area contributed by atoms with Crippen molar-refractivity contribution in [2.24, 2.45) is 0 Å². The van der Waals surface area contributed by atoms with Crippen LogP contribution in [0.25, 0.3) is 88.0 Å². The fourth-order valence-corrected chi connectivity index (χ4v) is 5.99. The molecular weight excluding hydrogens is 544 g/mol. The molecule has 9 rings (SSSR count). The summed E-state index contributed by atoms with van der Waals surface area (Å²) in [5.74, 6) is 0. The van der Waals surface area contributed by atoms with Gasteiger partial charge in [0.2, 0.25) is 0 Å². The molecule has 0 fully saturated rings. The van der Waals surface area contributed by atoms with Gasteiger partial charge >= 0.3 is 0 Å². The minimum atomic E-state index is -0.703. The van der Waals surface area contributed by atoms with E-state index in [4.69, 9.17) is 18.1 Å². The van der Waals surface area contributed by atoms with E-state index in [9.17, 15) is 6.85 Å². The molecule has 0 spiro atoms. The zero-order valence-electron chi connectivity index (χ0n) is 38.4. The van der Waals surface area contributed by atoms with E-state index >= 15 is 0 Å². The van der Waals surface area contributed by atoms with Gasteiger partial charge in [-0.25, -0.2) is 0 Å². The molecule has 0 saturated heterocycles. The highest BCUT2D eigenvalue weighted by molar-refractivity contribution is 6.22. The molecule has 0 radical (unpaired) electrons. The first-order chi connectivity index (χ1) is 28.6. The van der Waals surface area contributed by atoms with Gasteiger partial charge in [-0.05, 0) is 84.2 Å². The highest BCUT2D eigenvalue weighted by atomic mass is 16.3. The Kier molecular flexibility index (Phi) is 3.39. The summed E-state index contributed by atoms with van der Waals surface area (Å²) >= 11 is 0. The van der Waals surface area contributed by atoms with Crippen LogP contribution in [0.5, 0.6) is 0 Å². The fraction of sp³-hybridized carbons (Fsp3) is 0. The maximum atomic E-state index is 9.66. The standard InChI is InChI=1S/C44H28O/c1-3-12-29(13-4-1)30-22-24-32(25-23-30)42-35-16-7-9-18-37(35)43(38-19-10-8-17-36(38)42)33-26-27-39-41(28-33)45-40-21-11-20-34(44(39)40)31-14-5-2-6-15-31/h1-28H/i2D,5D,6D,11D,14D,15D,20D,21D,22D,23D,24D,25D,26D,27D,28D. The van der Waals surface area contributed by atoms with E-state index in [2.05, 4.69) is 0 Å². The Bertz CT molecular complexity index is 3260. The molecule has 0 aliphatic carbocycles. The smallest absolute Gasteiger partial charge is 0.136 e. The molecule has 1 nitrogen and oxygen atoms in total. The molecule has 0 saturated carbocycles. The van der Waals surface area contributed by atoms with Crippen LogP contribution >= 0.6 is 0 Å². The van der Waals surface area contributed by atoms with E-state index < -0.39 is 72.0 Å². The quantitative estimate of drug-likeness (QED) is 0.187. The van der Waals surface area contributed by atoms with Crippen molar-refractivity contribution in [1.29, 1.82) is 0 Å². The van der Waals surface area contributed by atoms with Crippen molar-refractivity contribution in [2.75, 3.05) is 0 Å². The lowest BCUT2D eigenvalue weighted by molar-refractivity contribution is 0.669. The molecule has 0 atom stereocenters. The van der Waals surface area contributed by atoms with Gasteiger partial charge in [-0.15, -0.1) is 0 Å². The third-order valence-electron chi connectivity index (χ3n) is 7.94. The number of hydrogen-bond acceptors (Lipinski definition) is 1. The van der Waals surface area contributed by atoms with Crippen molar-refractivity contribution >= 4 is 43.5 Å². The molecule has 0 aliphatic heterocycles. The maximum absolute atomic E-state index is 9.66. The number of rotatable bonds is 4. The molecule has 0 unspecified atom stereocenters. The molecule has 8 aromatic carbocycles. The minimum Gasteiger partial charge on any atom is -0.456 e. The Labute approximate surface area is 282 Å². The summed E-state index contributed by atoms with van der Waals surface area (Å²) in [4.78, 5) is 0. The third kappa shape index (κ3) is 4.17. The Balaban J connectivity index is 1.41. The predicted octanol–water partition coefficient (Wildman–Crippen LogP) is 12.6. The van der Waals surface area contributed by atoms with E-state index in [0.29, 0.717) is 38.2 Å². The van der Waals surface area contributed by atoms with Gasteiger partial charge in [0.15, 0.2) is 0 Å². The first-order valence-electron chi connectivity index (χ1n) is 21.7. The highest BCUT2D eigenvalue weighted by Crippen LogP contribution is 2.45. The van der Waals surface area contributed by atoms with Crippen molar-refractivity contribution < 1.29 is 25.0 Å². The van der Waals surface area contributed by atoms with Gasteiger partial charge < -0.3 is 4.42 Å². The summed E-state index contributed by atoms with van der Waals surface area (Å²) in [6, 6.07) is 14.9. The van der Waals surface area contributed by atoms with Crippen LogP contribution in [0.3, 0.4) is 0 Å². The molecule has 1 heteroatoms. The first kappa shape index (κ1) is 14.7. The zero-order chi connectivity index (χ0) is 42.8. The van der Waals surface area contributed by atoms with E-state index in [-0.39, 0.29) is 68.4 Å². The summed E-state index contributed by atoms with van der Waals surface area (Å²) in [7, 11) is 0. The van der Waals surface area contributed by atoms with Gasteiger partial charge in [0.25, 0.3) is 0 Å². The Morgan fingerprint density at radius 2 is 0.956 bits per heavy atom. The van der Waals surface area contributed by atoms with Crippen LogP contribution < -0.4 is 0 Å². The lowest BCUT2D eigenvalue weighted by Gasteiger charge is -2.18. The van der Waals surface area contributed by atoms with Crippen LogP contribution in [0.15, 0.2) is 174 Å². The van der Waals surface area contributed by atoms with Gasteiger partial charge in [-0.3, -0.25) is 0 Å². The molecule has 0 bridgehead atoms. The van der Waals surface area contributed by atoms with Crippen molar-refractivity contribution in [3.8, 4) is 44.5 Å². The number of hydrogen-bond donors (Lipinski definition) is 0. The second kappa shape index (κ2) is 10.4. The molecule has 0 aliphatic rings. The monoisotopic (exact) mass is 587 g/mol. The molecule has 45 heavy (non-hydrogen) atoms. The lowest BCUT2D eigenvalue weighted by atomic mass is 9.85. The fourth-order valence-electron chi connectivity index (χ4n) is 5.99. The second-order valence-corrected chi connectivity index (χ2v) is 10.5. The van der Waals surface area contributed by atoms with Gasteiger partial charge in [-0.2, -0.15) is 0 Å². The lowest BCUT2D eigenvalue weighted by Crippen LogP contribution is -1.91. The molecule has 210 valence electrons. The molecular formula is C44H28O. The van der Waals surface area contributed by atoms with Crippen LogP contribution in [-0.4, -0.2) is 0 Å². The zero-order valence-corrected chi connectivity index (χ0v) is 23.4. The molecule has 1 heterocycles. The largest absolute Gasteiger partial charge is 0.456 e. The molecule has 0 N–H and O–H groups in total. The van der Waals surface area contributed by atoms with Crippen LogP contribution in [0.1, 0.15) is 20.6 Å². The van der Waals surface area contributed by atoms with E-state index in [1.54, 1.807) is 78.9 Å². The van der Waals surface area contributed by atoms with Crippen molar-refractivity contribution in [1.82, 2.24) is 0 Å². The van der Waals surface area contributed by atoms with Crippen LogP contribution in [0, 0.1) is 0 Å². The molecule has 0 amide bonds. The van der Waals surface area contributed by atoms with Crippen LogP contribution in [-0.2, 0) is 0 Å². The number of furan rings is 1. The SMILES string of the molecule is [2H]c1c([2H])c([2H])c(-c2c([2H])c([2H])c([2H])c3oc4c([2H])c(-c5c6ccccc6c(-c6c([2H])c([2H])c(-c7ccccc7)c([2H])c6[2H])c6ccccc56)c([2H])c([2H])c4c23)c([2H])c1[2H]. The van der Waals surface area contributed by atoms with E-state index in [0.717, 1.165) is 0 Å². The van der Waals surface area contributed by atoms with Crippen LogP contribution in [0.2, 0.25) is 0 Å². The predicted molar refractivity (Wildman–Crippen MR) is 190 cm³/mol. The Morgan fingerprint density at radius 1 is 0.378 bits per heavy atom. The topological polar surface area (TPSA) is 13.1 Å². The van der Waals surface area contributed by atoms with Gasteiger partial charge in [0, 0.05) is 10.8 Å². The Morgan fingerprint density at radius 3 is 1.62 bits per heavy atom. The summed E-state index contributed by atoms with van der Waals surface area (Å²) in [6.45, 7) is 0. The van der Waals surface area contributed by atoms with E-state index in [1.165, 1.54) is 0 Å². The van der Waals surface area contributed by atoms with Gasteiger partial charge in [0.1, 0.15) is 11.2 Å². The number of fused-ring (bicyclic) bond motifs is 5. The minimum absolute atomic E-state index is 0.0512. The van der Waals surface area contributed by atoms with Crippen molar-refractivity contribution in [3.63, 3.8) is 0 Å². The average Bonchev–Trinajstić information content (AvgIpc) is 3.66. The summed E-state index contributed by atoms with van der Waals surface area (Å²) < 4.78 is 140.